The van der Waals surface area contributed by atoms with Crippen LogP contribution in [0.25, 0.3) is 0 Å². The number of halogens is 1. The number of nitrogens with zero attached hydrogens (tertiary/aromatic N) is 1. The van der Waals surface area contributed by atoms with Crippen molar-refractivity contribution in [3.63, 3.8) is 0 Å². The highest BCUT2D eigenvalue weighted by atomic mass is 35.5. The van der Waals surface area contributed by atoms with Crippen LogP contribution < -0.4 is 10.7 Å². The molecule has 0 atom stereocenters. The Kier molecular flexibility index (Phi) is 5.23. The van der Waals surface area contributed by atoms with Gasteiger partial charge in [0.05, 0.1) is 11.3 Å². The summed E-state index contributed by atoms with van der Waals surface area (Å²) in [5, 5.41) is 17.0. The zero-order valence-corrected chi connectivity index (χ0v) is 14.9. The molecular formula is C19H18ClN3O3. The molecule has 2 amide bonds. The molecule has 134 valence electrons. The van der Waals surface area contributed by atoms with Crippen LogP contribution in [0.5, 0.6) is 5.75 Å². The summed E-state index contributed by atoms with van der Waals surface area (Å²) in [6.07, 6.45) is 1.91. The van der Waals surface area contributed by atoms with E-state index in [0.29, 0.717) is 10.7 Å². The second-order valence-corrected chi connectivity index (χ2v) is 6.58. The number of phenols is 1. The molecule has 7 heteroatoms. The Hall–Kier alpha value is -2.86. The van der Waals surface area contributed by atoms with Gasteiger partial charge in [-0.15, -0.1) is 0 Å². The van der Waals surface area contributed by atoms with E-state index in [2.05, 4.69) is 15.8 Å². The minimum Gasteiger partial charge on any atom is -0.507 e. The quantitative estimate of drug-likeness (QED) is 0.554. The van der Waals surface area contributed by atoms with Crippen LogP contribution in [0, 0.1) is 5.92 Å². The number of phenolic OH excluding ortho intramolecular Hbond substituents is 1. The number of benzene rings is 2. The maximum absolute atomic E-state index is 12.1. The Labute approximate surface area is 155 Å². The summed E-state index contributed by atoms with van der Waals surface area (Å²) in [7, 11) is 0. The topological polar surface area (TPSA) is 90.8 Å². The van der Waals surface area contributed by atoms with E-state index in [1.807, 2.05) is 12.1 Å². The molecule has 0 spiro atoms. The first-order valence-corrected chi connectivity index (χ1v) is 8.56. The molecule has 3 rings (SSSR count). The second-order valence-electron chi connectivity index (χ2n) is 6.14. The van der Waals surface area contributed by atoms with Gasteiger partial charge in [0.1, 0.15) is 5.75 Å². The van der Waals surface area contributed by atoms with Crippen molar-refractivity contribution in [2.75, 3.05) is 5.32 Å². The number of anilines is 1. The number of rotatable bonds is 5. The lowest BCUT2D eigenvalue weighted by Gasteiger charge is -2.07. The first-order chi connectivity index (χ1) is 12.4. The molecule has 1 aliphatic carbocycles. The van der Waals surface area contributed by atoms with Gasteiger partial charge in [0.2, 0.25) is 5.91 Å². The summed E-state index contributed by atoms with van der Waals surface area (Å²) in [6.45, 7) is 1.75. The number of carbonyl (C=O) groups is 2. The Balaban J connectivity index is 1.64. The number of hydrazone groups is 1. The lowest BCUT2D eigenvalue weighted by atomic mass is 10.1. The second kappa shape index (κ2) is 7.58. The number of hydrogen-bond donors (Lipinski definition) is 3. The van der Waals surface area contributed by atoms with Crippen molar-refractivity contribution in [1.29, 1.82) is 0 Å². The fraction of sp³-hybridized carbons (Fsp3) is 0.211. The van der Waals surface area contributed by atoms with Crippen molar-refractivity contribution >= 4 is 34.8 Å². The fourth-order valence-corrected chi connectivity index (χ4v) is 2.51. The van der Waals surface area contributed by atoms with Crippen LogP contribution in [0.1, 0.15) is 35.7 Å². The molecule has 0 radical (unpaired) electrons. The lowest BCUT2D eigenvalue weighted by molar-refractivity contribution is -0.117. The number of hydrogen-bond acceptors (Lipinski definition) is 4. The molecule has 0 aromatic heterocycles. The zero-order chi connectivity index (χ0) is 18.7. The van der Waals surface area contributed by atoms with Crippen LogP contribution in [0.2, 0.25) is 5.02 Å². The van der Waals surface area contributed by atoms with Crippen molar-refractivity contribution < 1.29 is 14.7 Å². The summed E-state index contributed by atoms with van der Waals surface area (Å²) < 4.78 is 0. The third-order valence-electron chi connectivity index (χ3n) is 4.05. The number of carbonyl (C=O) groups excluding carboxylic acids is 2. The summed E-state index contributed by atoms with van der Waals surface area (Å²) >= 11 is 5.84. The minimum absolute atomic E-state index is 0.0483. The van der Waals surface area contributed by atoms with Crippen LogP contribution in [0.3, 0.4) is 0 Å². The van der Waals surface area contributed by atoms with Crippen molar-refractivity contribution in [2.24, 2.45) is 11.0 Å². The van der Waals surface area contributed by atoms with Crippen LogP contribution in [-0.2, 0) is 4.79 Å². The Morgan fingerprint density at radius 1 is 1.15 bits per heavy atom. The van der Waals surface area contributed by atoms with E-state index < -0.39 is 5.91 Å². The first-order valence-electron chi connectivity index (χ1n) is 8.18. The smallest absolute Gasteiger partial charge is 0.275 e. The predicted molar refractivity (Wildman–Crippen MR) is 101 cm³/mol. The summed E-state index contributed by atoms with van der Waals surface area (Å²) in [6, 6.07) is 11.4. The van der Waals surface area contributed by atoms with Crippen molar-refractivity contribution in [1.82, 2.24) is 5.43 Å². The molecule has 1 aliphatic rings. The number of amides is 2. The van der Waals surface area contributed by atoms with Gasteiger partial charge in [-0.05, 0) is 55.7 Å². The van der Waals surface area contributed by atoms with Crippen LogP contribution in [-0.4, -0.2) is 22.6 Å². The van der Waals surface area contributed by atoms with E-state index in [1.54, 1.807) is 19.1 Å². The van der Waals surface area contributed by atoms with E-state index in [0.717, 1.165) is 24.1 Å². The number of aromatic hydroxyl groups is 1. The highest BCUT2D eigenvalue weighted by Crippen LogP contribution is 2.30. The first kappa shape index (κ1) is 17.9. The van der Waals surface area contributed by atoms with Gasteiger partial charge in [-0.3, -0.25) is 9.59 Å². The Bertz CT molecular complexity index is 874. The molecule has 2 aromatic carbocycles. The Morgan fingerprint density at radius 3 is 2.50 bits per heavy atom. The van der Waals surface area contributed by atoms with Gasteiger partial charge in [-0.25, -0.2) is 5.43 Å². The van der Waals surface area contributed by atoms with Crippen molar-refractivity contribution in [3.8, 4) is 5.75 Å². The maximum atomic E-state index is 12.1. The van der Waals surface area contributed by atoms with Crippen molar-refractivity contribution in [3.05, 3.63) is 58.6 Å². The number of nitrogens with one attached hydrogen (secondary N) is 2. The molecular weight excluding hydrogens is 354 g/mol. The average Bonchev–Trinajstić information content (AvgIpc) is 3.47. The molecule has 6 nitrogen and oxygen atoms in total. The molecule has 0 aliphatic heterocycles. The average molecular weight is 372 g/mol. The van der Waals surface area contributed by atoms with Crippen LogP contribution >= 0.6 is 11.6 Å². The van der Waals surface area contributed by atoms with E-state index >= 15 is 0 Å². The third-order valence-corrected chi connectivity index (χ3v) is 4.28. The molecule has 3 N–H and O–H groups in total. The summed E-state index contributed by atoms with van der Waals surface area (Å²) in [4.78, 5) is 23.9. The van der Waals surface area contributed by atoms with Gasteiger partial charge in [-0.1, -0.05) is 23.7 Å². The van der Waals surface area contributed by atoms with Gasteiger partial charge in [0, 0.05) is 16.6 Å². The lowest BCUT2D eigenvalue weighted by Crippen LogP contribution is -2.19. The van der Waals surface area contributed by atoms with E-state index in [1.165, 1.54) is 18.2 Å². The van der Waals surface area contributed by atoms with Gasteiger partial charge >= 0.3 is 0 Å². The highest BCUT2D eigenvalue weighted by molar-refractivity contribution is 6.31. The molecule has 0 heterocycles. The molecule has 1 saturated carbocycles. The molecule has 0 bridgehead atoms. The fourth-order valence-electron chi connectivity index (χ4n) is 2.33. The molecule has 0 saturated heterocycles. The zero-order valence-electron chi connectivity index (χ0n) is 14.1. The van der Waals surface area contributed by atoms with Gasteiger partial charge in [-0.2, -0.15) is 5.10 Å². The normalized spacial score (nSPS) is 14.0. The summed E-state index contributed by atoms with van der Waals surface area (Å²) in [5.41, 5.74) is 4.55. The monoisotopic (exact) mass is 371 g/mol. The van der Waals surface area contributed by atoms with Crippen LogP contribution in [0.15, 0.2) is 47.6 Å². The predicted octanol–water partition coefficient (Wildman–Crippen LogP) is 3.55. The van der Waals surface area contributed by atoms with Gasteiger partial charge < -0.3 is 10.4 Å². The molecule has 0 unspecified atom stereocenters. The van der Waals surface area contributed by atoms with Crippen LogP contribution in [0.4, 0.5) is 5.69 Å². The van der Waals surface area contributed by atoms with Crippen molar-refractivity contribution in [2.45, 2.75) is 19.8 Å². The summed E-state index contributed by atoms with van der Waals surface area (Å²) in [5.74, 6) is -0.527. The minimum atomic E-state index is -0.558. The third kappa shape index (κ3) is 4.40. The van der Waals surface area contributed by atoms with E-state index in [-0.39, 0.29) is 23.1 Å². The van der Waals surface area contributed by atoms with Gasteiger partial charge in [0.15, 0.2) is 0 Å². The van der Waals surface area contributed by atoms with E-state index in [9.17, 15) is 14.7 Å². The SMILES string of the molecule is C/C(=N/NC(=O)c1cc(Cl)ccc1O)c1ccc(NC(=O)C2CC2)cc1. The molecule has 2 aromatic rings. The van der Waals surface area contributed by atoms with Gasteiger partial charge in [0.25, 0.3) is 5.91 Å². The molecule has 26 heavy (non-hydrogen) atoms. The molecule has 1 fully saturated rings. The van der Waals surface area contributed by atoms with E-state index in [4.69, 9.17) is 11.6 Å². The Morgan fingerprint density at radius 2 is 1.85 bits per heavy atom. The maximum Gasteiger partial charge on any atom is 0.275 e. The standard InChI is InChI=1S/C19H18ClN3O3/c1-11(22-23-19(26)16-10-14(20)6-9-17(16)24)12-4-7-15(8-5-12)21-18(25)13-2-3-13/h4-10,13,24H,2-3H2,1H3,(H,21,25)(H,23,26)/b22-11-. The largest absolute Gasteiger partial charge is 0.507 e. The highest BCUT2D eigenvalue weighted by Gasteiger charge is 2.29.